The van der Waals surface area contributed by atoms with Gasteiger partial charge in [-0.3, -0.25) is 96.2 Å². The second-order valence-corrected chi connectivity index (χ2v) is 31.1. The highest BCUT2D eigenvalue weighted by Crippen LogP contribution is 2.29. The fourth-order valence-electron chi connectivity index (χ4n) is 9.48. The number of nitrogens with one attached hydrogen (secondary N) is 1. The summed E-state index contributed by atoms with van der Waals surface area (Å²) < 4.78 is 15.9. The van der Waals surface area contributed by atoms with Crippen LogP contribution in [0.1, 0.15) is 256 Å². The molecule has 0 aromatic rings. The summed E-state index contributed by atoms with van der Waals surface area (Å²) in [5, 5.41) is 2.71. The highest BCUT2D eigenvalue weighted by atomic mass is 16.5. The Labute approximate surface area is 622 Å². The van der Waals surface area contributed by atoms with Gasteiger partial charge in [0.05, 0.1) is 52.2 Å². The molecule has 3 atom stereocenters. The van der Waals surface area contributed by atoms with Crippen LogP contribution in [0.3, 0.4) is 0 Å². The summed E-state index contributed by atoms with van der Waals surface area (Å²) in [4.78, 5) is 200. The third-order valence-electron chi connectivity index (χ3n) is 17.6. The normalized spacial score (nSPS) is 15.8. The van der Waals surface area contributed by atoms with E-state index in [1.807, 2.05) is 125 Å². The van der Waals surface area contributed by atoms with Crippen LogP contribution in [0.25, 0.3) is 0 Å². The number of nitrogens with zero attached hydrogens (tertiary/aromatic N) is 3. The number of hydrogen-bond donors (Lipinski definition) is 1. The lowest BCUT2D eigenvalue weighted by Gasteiger charge is -2.16. The Kier molecular flexibility index (Phi) is 53.7. The van der Waals surface area contributed by atoms with Crippen molar-refractivity contribution in [3.8, 4) is 0 Å². The number of rotatable bonds is 44. The van der Waals surface area contributed by atoms with E-state index in [2.05, 4.69) is 19.2 Å². The van der Waals surface area contributed by atoms with Crippen LogP contribution in [0.2, 0.25) is 0 Å². The zero-order chi connectivity index (χ0) is 81.0. The van der Waals surface area contributed by atoms with Gasteiger partial charge in [0.2, 0.25) is 41.4 Å². The average Bonchev–Trinajstić information content (AvgIpc) is 1.70. The van der Waals surface area contributed by atoms with E-state index in [1.54, 1.807) is 27.7 Å². The maximum absolute atomic E-state index is 12.2. The predicted molar refractivity (Wildman–Crippen MR) is 399 cm³/mol. The monoisotopic (exact) mass is 1470 g/mol. The summed E-state index contributed by atoms with van der Waals surface area (Å²) in [7, 11) is 0. The third-order valence-corrected chi connectivity index (χ3v) is 17.6. The van der Waals surface area contributed by atoms with Crippen LogP contribution in [0.4, 0.5) is 0 Å². The molecule has 3 fully saturated rings. The van der Waals surface area contributed by atoms with Gasteiger partial charge in [0.1, 0.15) is 52.9 Å². The highest BCUT2D eigenvalue weighted by Gasteiger charge is 2.42. The number of ether oxygens (including phenoxy) is 3. The highest BCUT2D eigenvalue weighted by molar-refractivity contribution is 6.07. The van der Waals surface area contributed by atoms with Crippen LogP contribution in [-0.2, 0) is 95.7 Å². The summed E-state index contributed by atoms with van der Waals surface area (Å²) in [6.07, 6.45) is 5.24. The van der Waals surface area contributed by atoms with Gasteiger partial charge in [-0.1, -0.05) is 173 Å². The number of hydrogen-bond acceptors (Lipinski definition) is 20. The molecule has 3 aliphatic rings. The maximum atomic E-state index is 12.2. The fraction of sp³-hybridized carbons (Fsp3) is 0.787. The summed E-state index contributed by atoms with van der Waals surface area (Å²) >= 11 is 0. The number of ketones is 10. The largest absolute Gasteiger partial charge is 0.379 e. The Morgan fingerprint density at radius 2 is 0.692 bits per heavy atom. The first-order chi connectivity index (χ1) is 48.1. The maximum Gasteiger partial charge on any atom is 0.233 e. The van der Waals surface area contributed by atoms with Gasteiger partial charge in [-0.05, 0) is 36.5 Å². The zero-order valence-electron chi connectivity index (χ0n) is 68.1. The molecule has 0 aliphatic carbocycles. The molecule has 3 saturated heterocycles. The predicted octanol–water partition coefficient (Wildman–Crippen LogP) is 11.1. The van der Waals surface area contributed by atoms with Crippen molar-refractivity contribution in [2.45, 2.75) is 256 Å². The summed E-state index contributed by atoms with van der Waals surface area (Å²) in [6.45, 7) is 47.7. The van der Waals surface area contributed by atoms with E-state index in [9.17, 15) is 81.5 Å². The molecule has 596 valence electrons. The summed E-state index contributed by atoms with van der Waals surface area (Å²) in [5.41, 5.74) is 0. The quantitative estimate of drug-likeness (QED) is 0.0336. The molecule has 1 N–H and O–H groups in total. The van der Waals surface area contributed by atoms with Gasteiger partial charge < -0.3 is 19.5 Å². The van der Waals surface area contributed by atoms with E-state index in [1.165, 1.54) is 9.80 Å². The second kappa shape index (κ2) is 55.0. The van der Waals surface area contributed by atoms with Crippen molar-refractivity contribution in [1.29, 1.82) is 0 Å². The van der Waals surface area contributed by atoms with Crippen LogP contribution < -0.4 is 5.32 Å². The van der Waals surface area contributed by atoms with Crippen LogP contribution in [0, 0.1) is 88.8 Å². The molecule has 0 aromatic carbocycles. The van der Waals surface area contributed by atoms with Crippen molar-refractivity contribution in [2.75, 3.05) is 65.8 Å². The standard InChI is InChI=1S/C21H36N2O6.C15H23NO4.C12H19NO3.C12H22O2.C11H20O3.C9H16O2/c1-15(2)17-14-20(26)23(21(17)27)9-7-19(25)22-8-11-29-13-12-28-10-5-6-18(24)16(3)4;1-9(2)12-8-14(19)16(15(12)20)6-5-11(17)7-13(18)10(3)4;1-7(2)9-5-11(15)13(12(9)16)6-10(14)8(3)4;1-9(2)6-5-7-11(13)8-12(14)10(3)4;1-8(2)10(12)5-6-14-7-11(13)9(3)4;1-6(2)8(10)5-9(11)7(3)4/h15-17H,5-14H2,1-4H3,(H,22,25);9-10,12H,5-8H2,1-4H3;7-9H,5-6H2,1-4H3;9-10H,5-8H2,1-4H3;8-9H,5-7H2,1-4H3;6-7H,5H2,1-4H3. The third kappa shape index (κ3) is 45.1. The number of Topliss-reactive ketones (excluding diaryl/α,β-unsaturated/α-hetero) is 10. The first-order valence-corrected chi connectivity index (χ1v) is 37.9. The molecule has 24 nitrogen and oxygen atoms in total. The molecule has 0 radical (unpaired) electrons. The number of imide groups is 3. The molecule has 3 unspecified atom stereocenters. The minimum atomic E-state index is -0.269. The van der Waals surface area contributed by atoms with Crippen LogP contribution >= 0.6 is 0 Å². The molecule has 7 amide bonds. The Morgan fingerprint density at radius 1 is 0.346 bits per heavy atom. The van der Waals surface area contributed by atoms with Gasteiger partial charge in [0.25, 0.3) is 0 Å². The molecule has 104 heavy (non-hydrogen) atoms. The van der Waals surface area contributed by atoms with Gasteiger partial charge in [0.15, 0.2) is 11.6 Å². The molecule has 3 rings (SSSR count). The van der Waals surface area contributed by atoms with Crippen LogP contribution in [0.15, 0.2) is 0 Å². The lowest BCUT2D eigenvalue weighted by Crippen LogP contribution is -2.37. The molecule has 24 heteroatoms. The minimum Gasteiger partial charge on any atom is -0.379 e. The molecule has 0 bridgehead atoms. The first-order valence-electron chi connectivity index (χ1n) is 37.9. The lowest BCUT2D eigenvalue weighted by atomic mass is 9.94. The number of amides is 7. The fourth-order valence-corrected chi connectivity index (χ4v) is 9.48. The molecule has 0 aromatic heterocycles. The summed E-state index contributed by atoms with van der Waals surface area (Å²) in [5.74, 6) is -0.939. The first kappa shape index (κ1) is 102. The number of carbonyl (C=O) groups is 17. The van der Waals surface area contributed by atoms with Crippen molar-refractivity contribution in [1.82, 2.24) is 20.0 Å². The summed E-state index contributed by atoms with van der Waals surface area (Å²) in [6, 6.07) is 0. The number of likely N-dealkylation sites (tertiary alicyclic amines) is 3. The van der Waals surface area contributed by atoms with Gasteiger partial charge in [-0.25, -0.2) is 0 Å². The van der Waals surface area contributed by atoms with E-state index in [-0.39, 0.29) is 260 Å². The molecule has 3 aliphatic heterocycles. The Bertz CT molecular complexity index is 2730. The van der Waals surface area contributed by atoms with Gasteiger partial charge >= 0.3 is 0 Å². The minimum absolute atomic E-state index is 0.0100. The molecular formula is C80H136N4O20. The van der Waals surface area contributed by atoms with E-state index in [0.717, 1.165) is 17.7 Å². The molecule has 3 heterocycles. The molecular weight excluding hydrogens is 1340 g/mol. The Hall–Kier alpha value is -6.53. The Balaban J connectivity index is -0.00000122. The van der Waals surface area contributed by atoms with Gasteiger partial charge in [-0.15, -0.1) is 0 Å². The molecule has 0 spiro atoms. The van der Waals surface area contributed by atoms with E-state index in [4.69, 9.17) is 14.2 Å². The number of carbonyl (C=O) groups excluding carboxylic acids is 17. The van der Waals surface area contributed by atoms with E-state index < -0.39 is 0 Å². The van der Waals surface area contributed by atoms with Gasteiger partial charge in [0, 0.05) is 143 Å². The SMILES string of the molecule is CC(C)C(=O)CC(=O)C(C)C.CC(C)C(=O)CC(=O)CCN1C(=O)CC(C(C)C)C1=O.CC(C)C(=O)CCCOCCOCCNC(=O)CCN1C(=O)CC(C(C)C)C1=O.CC(C)C(=O)CCOCC(=O)C(C)C.CC(C)C(=O)CN1C(=O)CC(C(C)C)C1=O.CC(C)CCCC(=O)CC(=O)C(C)C. The average molecular weight is 1470 g/mol. The van der Waals surface area contributed by atoms with E-state index >= 15 is 0 Å². The van der Waals surface area contributed by atoms with Crippen molar-refractivity contribution in [3.05, 3.63) is 0 Å². The topological polar surface area (TPSA) is 340 Å². The Morgan fingerprint density at radius 3 is 1.07 bits per heavy atom. The van der Waals surface area contributed by atoms with E-state index in [0.29, 0.717) is 71.2 Å². The van der Waals surface area contributed by atoms with Gasteiger partial charge in [-0.2, -0.15) is 0 Å². The van der Waals surface area contributed by atoms with Crippen molar-refractivity contribution < 1.29 is 95.7 Å². The zero-order valence-corrected chi connectivity index (χ0v) is 68.1. The van der Waals surface area contributed by atoms with Crippen molar-refractivity contribution >= 4 is 99.2 Å². The van der Waals surface area contributed by atoms with Crippen LogP contribution in [-0.4, -0.2) is 180 Å². The van der Waals surface area contributed by atoms with Crippen LogP contribution in [0.5, 0.6) is 0 Å². The van der Waals surface area contributed by atoms with Crippen molar-refractivity contribution in [3.63, 3.8) is 0 Å². The lowest BCUT2D eigenvalue weighted by molar-refractivity contribution is -0.144. The molecule has 0 saturated carbocycles. The smallest absolute Gasteiger partial charge is 0.233 e. The van der Waals surface area contributed by atoms with Crippen molar-refractivity contribution in [2.24, 2.45) is 88.8 Å². The second-order valence-electron chi connectivity index (χ2n) is 31.1.